The molecule has 1 aliphatic heterocycles. The number of ether oxygens (including phenoxy) is 2. The maximum atomic E-state index is 12.3. The van der Waals surface area contributed by atoms with Gasteiger partial charge >= 0.3 is 0 Å². The molecule has 5 nitrogen and oxygen atoms in total. The second-order valence-electron chi connectivity index (χ2n) is 6.01. The summed E-state index contributed by atoms with van der Waals surface area (Å²) in [5.74, 6) is 0.873. The zero-order valence-electron chi connectivity index (χ0n) is 15.9. The van der Waals surface area contributed by atoms with Gasteiger partial charge in [0.25, 0.3) is 5.91 Å². The summed E-state index contributed by atoms with van der Waals surface area (Å²) in [6.45, 7) is 6.76. The smallest absolute Gasteiger partial charge is 0.264 e. The van der Waals surface area contributed by atoms with Crippen LogP contribution in [0.1, 0.15) is 25.0 Å². The Kier molecular flexibility index (Phi) is 6.65. The van der Waals surface area contributed by atoms with Gasteiger partial charge in [0, 0.05) is 0 Å². The second kappa shape index (κ2) is 9.17. The monoisotopic (exact) mass is 416 g/mol. The van der Waals surface area contributed by atoms with Crippen LogP contribution in [0.25, 0.3) is 6.08 Å². The molecule has 0 bridgehead atoms. The summed E-state index contributed by atoms with van der Waals surface area (Å²) in [6.07, 6.45) is 1.77. The normalized spacial score (nSPS) is 16.5. The molecule has 28 heavy (non-hydrogen) atoms. The van der Waals surface area contributed by atoms with Crippen LogP contribution in [0, 0.1) is 6.92 Å². The quantitative estimate of drug-likeness (QED) is 0.646. The first-order chi connectivity index (χ1) is 13.5. The number of halogens is 1. The summed E-state index contributed by atoms with van der Waals surface area (Å²) in [4.78, 5) is 17.3. The minimum Gasteiger partial charge on any atom is -0.490 e. The summed E-state index contributed by atoms with van der Waals surface area (Å²) >= 11 is 7.64. The number of carbonyl (C=O) groups is 1. The van der Waals surface area contributed by atoms with Crippen LogP contribution < -0.4 is 14.8 Å². The Morgan fingerprint density at radius 2 is 1.86 bits per heavy atom. The number of nitrogens with zero attached hydrogens (tertiary/aromatic N) is 1. The molecule has 0 atom stereocenters. The molecular weight excluding hydrogens is 396 g/mol. The number of carbonyl (C=O) groups excluding carboxylic acids is 1. The highest BCUT2D eigenvalue weighted by Gasteiger charge is 2.24. The van der Waals surface area contributed by atoms with Gasteiger partial charge in [0.05, 0.1) is 28.8 Å². The number of amidine groups is 1. The number of thioether (sulfide) groups is 1. The Hall–Kier alpha value is -2.44. The first-order valence-corrected chi connectivity index (χ1v) is 10.1. The Morgan fingerprint density at radius 1 is 1.14 bits per heavy atom. The van der Waals surface area contributed by atoms with E-state index in [9.17, 15) is 4.79 Å². The maximum absolute atomic E-state index is 12.3. The Labute approximate surface area is 173 Å². The van der Waals surface area contributed by atoms with Gasteiger partial charge in [0.2, 0.25) is 0 Å². The van der Waals surface area contributed by atoms with E-state index in [4.69, 9.17) is 21.1 Å². The lowest BCUT2D eigenvalue weighted by molar-refractivity contribution is -0.115. The SMILES string of the molecule is CCOc1cc(/C=C2\SC(=Nc3ccc(C)cc3)NC2=O)cc(Cl)c1OCC. The molecule has 0 aromatic heterocycles. The van der Waals surface area contributed by atoms with Crippen LogP contribution >= 0.6 is 23.4 Å². The van der Waals surface area contributed by atoms with Crippen LogP contribution in [0.2, 0.25) is 5.02 Å². The fraction of sp³-hybridized carbons (Fsp3) is 0.238. The summed E-state index contributed by atoms with van der Waals surface area (Å²) in [5, 5.41) is 3.78. The predicted octanol–water partition coefficient (Wildman–Crippen LogP) is 5.34. The molecule has 1 amide bonds. The van der Waals surface area contributed by atoms with Crippen molar-refractivity contribution in [2.75, 3.05) is 13.2 Å². The van der Waals surface area contributed by atoms with E-state index in [0.29, 0.717) is 39.8 Å². The number of hydrogen-bond acceptors (Lipinski definition) is 5. The third kappa shape index (κ3) is 4.88. The number of aliphatic imine (C=N–C) groups is 1. The Bertz CT molecular complexity index is 939. The molecule has 1 saturated heterocycles. The van der Waals surface area contributed by atoms with E-state index < -0.39 is 0 Å². The summed E-state index contributed by atoms with van der Waals surface area (Å²) in [6, 6.07) is 11.4. The fourth-order valence-corrected chi connectivity index (χ4v) is 3.70. The molecule has 0 unspecified atom stereocenters. The molecule has 0 radical (unpaired) electrons. The van der Waals surface area contributed by atoms with Crippen molar-refractivity contribution in [2.45, 2.75) is 20.8 Å². The van der Waals surface area contributed by atoms with Crippen molar-refractivity contribution in [1.82, 2.24) is 5.32 Å². The van der Waals surface area contributed by atoms with Crippen molar-refractivity contribution in [3.8, 4) is 11.5 Å². The minimum atomic E-state index is -0.196. The molecule has 2 aromatic rings. The van der Waals surface area contributed by atoms with E-state index in [0.717, 1.165) is 16.8 Å². The third-order valence-corrected chi connectivity index (χ3v) is 5.02. The molecule has 7 heteroatoms. The van der Waals surface area contributed by atoms with Gasteiger partial charge in [0.15, 0.2) is 16.7 Å². The van der Waals surface area contributed by atoms with E-state index in [1.54, 1.807) is 12.1 Å². The van der Waals surface area contributed by atoms with Gasteiger partial charge in [-0.2, -0.15) is 0 Å². The number of benzene rings is 2. The third-order valence-electron chi connectivity index (χ3n) is 3.83. The van der Waals surface area contributed by atoms with Crippen LogP contribution in [0.4, 0.5) is 5.69 Å². The highest BCUT2D eigenvalue weighted by Crippen LogP contribution is 2.38. The molecule has 0 spiro atoms. The van der Waals surface area contributed by atoms with Crippen molar-refractivity contribution in [3.63, 3.8) is 0 Å². The molecule has 1 N–H and O–H groups in total. The van der Waals surface area contributed by atoms with Crippen molar-refractivity contribution < 1.29 is 14.3 Å². The number of rotatable bonds is 6. The highest BCUT2D eigenvalue weighted by molar-refractivity contribution is 8.18. The van der Waals surface area contributed by atoms with E-state index in [1.165, 1.54) is 11.8 Å². The first-order valence-electron chi connectivity index (χ1n) is 8.95. The summed E-state index contributed by atoms with van der Waals surface area (Å²) in [5.41, 5.74) is 2.70. The lowest BCUT2D eigenvalue weighted by atomic mass is 10.2. The Balaban J connectivity index is 1.86. The van der Waals surface area contributed by atoms with Crippen molar-refractivity contribution in [2.24, 2.45) is 4.99 Å². The van der Waals surface area contributed by atoms with Crippen molar-refractivity contribution >= 4 is 46.2 Å². The van der Waals surface area contributed by atoms with E-state index in [2.05, 4.69) is 10.3 Å². The first kappa shape index (κ1) is 20.3. The molecule has 3 rings (SSSR count). The van der Waals surface area contributed by atoms with Gasteiger partial charge in [-0.25, -0.2) is 4.99 Å². The summed E-state index contributed by atoms with van der Waals surface area (Å²) in [7, 11) is 0. The molecular formula is C21H21ClN2O3S. The largest absolute Gasteiger partial charge is 0.490 e. The lowest BCUT2D eigenvalue weighted by Gasteiger charge is -2.13. The van der Waals surface area contributed by atoms with Crippen molar-refractivity contribution in [1.29, 1.82) is 0 Å². The molecule has 146 valence electrons. The maximum Gasteiger partial charge on any atom is 0.264 e. The topological polar surface area (TPSA) is 59.9 Å². The number of hydrogen-bond donors (Lipinski definition) is 1. The fourth-order valence-electron chi connectivity index (χ4n) is 2.59. The number of amides is 1. The van der Waals surface area contributed by atoms with Crippen LogP contribution in [0.15, 0.2) is 46.3 Å². The second-order valence-corrected chi connectivity index (χ2v) is 7.45. The van der Waals surface area contributed by atoms with Crippen LogP contribution in [-0.2, 0) is 4.79 Å². The minimum absolute atomic E-state index is 0.196. The molecule has 1 fully saturated rings. The van der Waals surface area contributed by atoms with E-state index in [-0.39, 0.29) is 5.91 Å². The summed E-state index contributed by atoms with van der Waals surface area (Å²) < 4.78 is 11.2. The lowest BCUT2D eigenvalue weighted by Crippen LogP contribution is -2.19. The van der Waals surface area contributed by atoms with Crippen LogP contribution in [0.3, 0.4) is 0 Å². The number of nitrogens with one attached hydrogen (secondary N) is 1. The van der Waals surface area contributed by atoms with Gasteiger partial charge in [-0.15, -0.1) is 0 Å². The predicted molar refractivity (Wildman–Crippen MR) is 116 cm³/mol. The van der Waals surface area contributed by atoms with Crippen LogP contribution in [-0.4, -0.2) is 24.3 Å². The average Bonchev–Trinajstić information content (AvgIpc) is 2.99. The molecule has 0 saturated carbocycles. The molecule has 2 aromatic carbocycles. The van der Waals surface area contributed by atoms with Gasteiger partial charge in [-0.3, -0.25) is 4.79 Å². The number of aryl methyl sites for hydroxylation is 1. The van der Waals surface area contributed by atoms with E-state index in [1.807, 2.05) is 51.1 Å². The van der Waals surface area contributed by atoms with Gasteiger partial charge in [-0.05, 0) is 68.4 Å². The average molecular weight is 417 g/mol. The van der Waals surface area contributed by atoms with Crippen LogP contribution in [0.5, 0.6) is 11.5 Å². The molecule has 1 heterocycles. The molecule has 0 aliphatic carbocycles. The zero-order chi connectivity index (χ0) is 20.1. The standard InChI is InChI=1S/C21H21ClN2O3S/c1-4-26-17-11-14(10-16(22)19(17)27-5-2)12-18-20(25)24-21(28-18)23-15-8-6-13(3)7-9-15/h6-12H,4-5H2,1-3H3,(H,23,24,25)/b18-12-. The highest BCUT2D eigenvalue weighted by atomic mass is 35.5. The zero-order valence-corrected chi connectivity index (χ0v) is 17.5. The van der Waals surface area contributed by atoms with E-state index >= 15 is 0 Å². The van der Waals surface area contributed by atoms with Gasteiger partial charge < -0.3 is 14.8 Å². The molecule has 1 aliphatic rings. The van der Waals surface area contributed by atoms with Gasteiger partial charge in [0.1, 0.15) is 0 Å². The Morgan fingerprint density at radius 3 is 2.54 bits per heavy atom. The van der Waals surface area contributed by atoms with Crippen molar-refractivity contribution in [3.05, 3.63) is 57.5 Å². The van der Waals surface area contributed by atoms with Gasteiger partial charge in [-0.1, -0.05) is 29.3 Å².